The van der Waals surface area contributed by atoms with E-state index in [0.29, 0.717) is 42.9 Å². The van der Waals surface area contributed by atoms with Gasteiger partial charge in [0.25, 0.3) is 0 Å². The van der Waals surface area contributed by atoms with Crippen LogP contribution < -0.4 is 5.32 Å². The Morgan fingerprint density at radius 3 is 2.52 bits per heavy atom. The highest BCUT2D eigenvalue weighted by atomic mass is 35.5. The number of sulfonamides is 1. The minimum atomic E-state index is -3.62. The molecule has 2 aliphatic rings. The lowest BCUT2D eigenvalue weighted by molar-refractivity contribution is 0.132. The molecule has 2 aliphatic heterocycles. The Kier molecular flexibility index (Phi) is 7.42. The first kappa shape index (κ1) is 22.3. The Bertz CT molecular complexity index is 823. The molecule has 0 spiro atoms. The third kappa shape index (κ3) is 5.05. The highest BCUT2D eigenvalue weighted by Gasteiger charge is 2.30. The van der Waals surface area contributed by atoms with E-state index in [2.05, 4.69) is 10.2 Å². The maximum Gasteiger partial charge on any atom is 0.321 e. The summed E-state index contributed by atoms with van der Waals surface area (Å²) in [5, 5.41) is 3.16. The van der Waals surface area contributed by atoms with Gasteiger partial charge < -0.3 is 10.2 Å². The van der Waals surface area contributed by atoms with Crippen molar-refractivity contribution in [1.82, 2.24) is 14.1 Å². The molecule has 1 N–H and O–H groups in total. The molecular weight excluding hydrogens is 412 g/mol. The van der Waals surface area contributed by atoms with Crippen molar-refractivity contribution >= 4 is 33.3 Å². The van der Waals surface area contributed by atoms with Crippen molar-refractivity contribution in [2.24, 2.45) is 0 Å². The van der Waals surface area contributed by atoms with Crippen LogP contribution in [0.5, 0.6) is 0 Å². The fourth-order valence-corrected chi connectivity index (χ4v) is 5.86. The number of piperidine rings is 1. The molecule has 2 heterocycles. The van der Waals surface area contributed by atoms with Crippen LogP contribution in [0, 0.1) is 0 Å². The van der Waals surface area contributed by atoms with E-state index < -0.39 is 10.0 Å². The van der Waals surface area contributed by atoms with Crippen LogP contribution in [0.2, 0.25) is 5.02 Å². The third-order valence-corrected chi connectivity index (χ3v) is 8.24. The summed E-state index contributed by atoms with van der Waals surface area (Å²) in [5.74, 6) is 0. The summed E-state index contributed by atoms with van der Waals surface area (Å²) in [4.78, 5) is 17.3. The van der Waals surface area contributed by atoms with Crippen LogP contribution in [-0.4, -0.2) is 73.9 Å². The Morgan fingerprint density at radius 2 is 1.86 bits per heavy atom. The molecule has 29 heavy (non-hydrogen) atoms. The molecule has 0 saturated carbocycles. The monoisotopic (exact) mass is 442 g/mol. The molecule has 2 fully saturated rings. The minimum absolute atomic E-state index is 0.134. The van der Waals surface area contributed by atoms with Gasteiger partial charge in [0.15, 0.2) is 0 Å². The molecule has 7 nitrogen and oxygen atoms in total. The topological polar surface area (TPSA) is 73.0 Å². The maximum atomic E-state index is 12.9. The van der Waals surface area contributed by atoms with Crippen molar-refractivity contribution in [1.29, 1.82) is 0 Å². The summed E-state index contributed by atoms with van der Waals surface area (Å²) in [6, 6.07) is 4.64. The number of halogens is 1. The van der Waals surface area contributed by atoms with Gasteiger partial charge in [-0.3, -0.25) is 4.90 Å². The standard InChI is InChI=1S/C20H31ClN4O3S/c1-3-25(4-2)29(27,28)17-9-10-18(21)19(14-17)22-20(26)24-13-7-8-16(15-24)23-11-5-6-12-23/h9-10,14,16H,3-8,11-13,15H2,1-2H3,(H,22,26)/t16-/m0/s1. The lowest BCUT2D eigenvalue weighted by Crippen LogP contribution is -2.50. The lowest BCUT2D eigenvalue weighted by Gasteiger charge is -2.37. The predicted molar refractivity (Wildman–Crippen MR) is 116 cm³/mol. The quantitative estimate of drug-likeness (QED) is 0.732. The SMILES string of the molecule is CCN(CC)S(=O)(=O)c1ccc(Cl)c(NC(=O)N2CCC[C@H](N3CCCC3)C2)c1. The first-order valence-electron chi connectivity index (χ1n) is 10.5. The zero-order chi connectivity index (χ0) is 21.0. The van der Waals surface area contributed by atoms with Gasteiger partial charge in [-0.25, -0.2) is 13.2 Å². The summed E-state index contributed by atoms with van der Waals surface area (Å²) in [7, 11) is -3.62. The predicted octanol–water partition coefficient (Wildman–Crippen LogP) is 3.46. The largest absolute Gasteiger partial charge is 0.323 e. The fraction of sp³-hybridized carbons (Fsp3) is 0.650. The van der Waals surface area contributed by atoms with E-state index >= 15 is 0 Å². The Labute approximate surface area is 179 Å². The summed E-state index contributed by atoms with van der Waals surface area (Å²) >= 11 is 6.26. The van der Waals surface area contributed by atoms with E-state index in [9.17, 15) is 13.2 Å². The van der Waals surface area contributed by atoms with Crippen molar-refractivity contribution in [2.75, 3.05) is 44.6 Å². The van der Waals surface area contributed by atoms with Crippen LogP contribution in [0.15, 0.2) is 23.1 Å². The zero-order valence-corrected chi connectivity index (χ0v) is 18.8. The maximum absolute atomic E-state index is 12.9. The third-order valence-electron chi connectivity index (χ3n) is 5.86. The van der Waals surface area contributed by atoms with Crippen LogP contribution in [0.25, 0.3) is 0 Å². The number of hydrogen-bond donors (Lipinski definition) is 1. The van der Waals surface area contributed by atoms with Crippen LogP contribution >= 0.6 is 11.6 Å². The minimum Gasteiger partial charge on any atom is -0.323 e. The molecule has 2 saturated heterocycles. The smallest absolute Gasteiger partial charge is 0.321 e. The van der Waals surface area contributed by atoms with Gasteiger partial charge in [0.05, 0.1) is 15.6 Å². The molecular formula is C20H31ClN4O3S. The molecule has 0 bridgehead atoms. The molecule has 1 atom stereocenters. The molecule has 1 aromatic carbocycles. The number of nitrogens with one attached hydrogen (secondary N) is 1. The molecule has 0 radical (unpaired) electrons. The lowest BCUT2D eigenvalue weighted by atomic mass is 10.0. The van der Waals surface area contributed by atoms with E-state index in [1.165, 1.54) is 35.3 Å². The van der Waals surface area contributed by atoms with Crippen molar-refractivity contribution in [3.63, 3.8) is 0 Å². The fourth-order valence-electron chi connectivity index (χ4n) is 4.21. The normalized spacial score (nSPS) is 21.0. The van der Waals surface area contributed by atoms with Crippen LogP contribution in [-0.2, 0) is 10.0 Å². The second kappa shape index (κ2) is 9.64. The number of nitrogens with zero attached hydrogens (tertiary/aromatic N) is 3. The molecule has 9 heteroatoms. The number of carbonyl (C=O) groups is 1. The summed E-state index contributed by atoms with van der Waals surface area (Å²) in [6.07, 6.45) is 4.54. The van der Waals surface area contributed by atoms with Gasteiger partial charge >= 0.3 is 6.03 Å². The molecule has 3 rings (SSSR count). The van der Waals surface area contributed by atoms with Crippen LogP contribution in [0.3, 0.4) is 0 Å². The van der Waals surface area contributed by atoms with Gasteiger partial charge in [-0.05, 0) is 57.0 Å². The number of rotatable bonds is 6. The van der Waals surface area contributed by atoms with E-state index in [1.807, 2.05) is 4.90 Å². The van der Waals surface area contributed by atoms with Crippen molar-refractivity contribution in [3.8, 4) is 0 Å². The average Bonchev–Trinajstić information content (AvgIpc) is 3.25. The average molecular weight is 443 g/mol. The Morgan fingerprint density at radius 1 is 1.17 bits per heavy atom. The molecule has 1 aromatic rings. The number of likely N-dealkylation sites (tertiary alicyclic amines) is 2. The first-order chi connectivity index (χ1) is 13.9. The van der Waals surface area contributed by atoms with E-state index in [4.69, 9.17) is 11.6 Å². The van der Waals surface area contributed by atoms with Crippen LogP contribution in [0.4, 0.5) is 10.5 Å². The van der Waals surface area contributed by atoms with Crippen molar-refractivity contribution < 1.29 is 13.2 Å². The van der Waals surface area contributed by atoms with Gasteiger partial charge in [0, 0.05) is 32.2 Å². The molecule has 0 aliphatic carbocycles. The van der Waals surface area contributed by atoms with Gasteiger partial charge in [-0.1, -0.05) is 25.4 Å². The summed E-state index contributed by atoms with van der Waals surface area (Å²) in [6.45, 7) is 7.98. The number of benzene rings is 1. The number of anilines is 1. The summed E-state index contributed by atoms with van der Waals surface area (Å²) in [5.41, 5.74) is 0.327. The van der Waals surface area contributed by atoms with E-state index in [1.54, 1.807) is 13.8 Å². The van der Waals surface area contributed by atoms with Gasteiger partial charge in [0.2, 0.25) is 10.0 Å². The van der Waals surface area contributed by atoms with E-state index in [0.717, 1.165) is 25.9 Å². The second-order valence-electron chi connectivity index (χ2n) is 7.65. The summed E-state index contributed by atoms with van der Waals surface area (Å²) < 4.78 is 27.0. The number of amides is 2. The second-order valence-corrected chi connectivity index (χ2v) is 9.99. The Hall–Kier alpha value is -1.35. The molecule has 0 aromatic heterocycles. The number of hydrogen-bond acceptors (Lipinski definition) is 4. The molecule has 2 amide bonds. The van der Waals surface area contributed by atoms with Crippen LogP contribution in [0.1, 0.15) is 39.5 Å². The van der Waals surface area contributed by atoms with Gasteiger partial charge in [-0.15, -0.1) is 0 Å². The van der Waals surface area contributed by atoms with Gasteiger partial charge in [-0.2, -0.15) is 4.31 Å². The highest BCUT2D eigenvalue weighted by Crippen LogP contribution is 2.28. The van der Waals surface area contributed by atoms with Crippen molar-refractivity contribution in [2.45, 2.75) is 50.5 Å². The zero-order valence-electron chi connectivity index (χ0n) is 17.2. The van der Waals surface area contributed by atoms with E-state index in [-0.39, 0.29) is 10.9 Å². The Balaban J connectivity index is 1.73. The highest BCUT2D eigenvalue weighted by molar-refractivity contribution is 7.89. The number of urea groups is 1. The molecule has 0 unspecified atom stereocenters. The van der Waals surface area contributed by atoms with Gasteiger partial charge in [0.1, 0.15) is 0 Å². The van der Waals surface area contributed by atoms with Crippen molar-refractivity contribution in [3.05, 3.63) is 23.2 Å². The first-order valence-corrected chi connectivity index (χ1v) is 12.3. The number of carbonyl (C=O) groups excluding carboxylic acids is 1. The molecule has 162 valence electrons.